The number of imidazole rings is 1. The Labute approximate surface area is 167 Å². The van der Waals surface area contributed by atoms with E-state index in [1.807, 2.05) is 0 Å². The highest BCUT2D eigenvalue weighted by atomic mass is 19.4. The lowest BCUT2D eigenvalue weighted by atomic mass is 10.0. The van der Waals surface area contributed by atoms with Crippen LogP contribution in [0.1, 0.15) is 18.4 Å². The number of aromatic nitrogens is 5. The maximum absolute atomic E-state index is 13.3. The Kier molecular flexibility index (Phi) is 4.39. The van der Waals surface area contributed by atoms with E-state index in [2.05, 4.69) is 19.9 Å². The molecule has 4 aromatic heterocycles. The molecule has 5 heterocycles. The van der Waals surface area contributed by atoms with Crippen molar-refractivity contribution in [2.45, 2.75) is 25.6 Å². The molecule has 0 aliphatic carbocycles. The predicted octanol–water partition coefficient (Wildman–Crippen LogP) is 3.71. The Balaban J connectivity index is 1.58. The summed E-state index contributed by atoms with van der Waals surface area (Å²) < 4.78 is 46.8. The molecule has 0 bridgehead atoms. The molecule has 0 radical (unpaired) electrons. The molecule has 1 saturated heterocycles. The van der Waals surface area contributed by atoms with Crippen molar-refractivity contribution < 1.29 is 17.9 Å². The highest BCUT2D eigenvalue weighted by Gasteiger charge is 2.34. The van der Waals surface area contributed by atoms with Crippen LogP contribution in [-0.4, -0.2) is 37.7 Å². The number of nitrogens with one attached hydrogen (secondary N) is 2. The minimum Gasteiger partial charge on any atom is -0.381 e. The van der Waals surface area contributed by atoms with Gasteiger partial charge in [0.05, 0.1) is 11.1 Å². The van der Waals surface area contributed by atoms with Crippen LogP contribution in [0.25, 0.3) is 33.3 Å². The van der Waals surface area contributed by atoms with Crippen molar-refractivity contribution in [3.05, 3.63) is 46.8 Å². The molecule has 0 aromatic carbocycles. The van der Waals surface area contributed by atoms with E-state index in [9.17, 15) is 18.0 Å². The van der Waals surface area contributed by atoms with Crippen LogP contribution in [0.4, 0.5) is 13.2 Å². The van der Waals surface area contributed by atoms with Gasteiger partial charge in [-0.2, -0.15) is 13.2 Å². The molecule has 30 heavy (non-hydrogen) atoms. The second-order valence-electron chi connectivity index (χ2n) is 7.51. The molecule has 0 spiro atoms. The van der Waals surface area contributed by atoms with E-state index in [-0.39, 0.29) is 16.7 Å². The summed E-state index contributed by atoms with van der Waals surface area (Å²) >= 11 is 0. The third-order valence-electron chi connectivity index (χ3n) is 5.58. The molecule has 10 heteroatoms. The Hall–Kier alpha value is -3.14. The average molecular weight is 417 g/mol. The maximum atomic E-state index is 13.3. The minimum atomic E-state index is -4.48. The molecule has 156 valence electrons. The molecule has 1 fully saturated rings. The first-order valence-electron chi connectivity index (χ1n) is 9.61. The van der Waals surface area contributed by atoms with Crippen LogP contribution in [0.5, 0.6) is 0 Å². The largest absolute Gasteiger partial charge is 0.418 e. The fourth-order valence-electron chi connectivity index (χ4n) is 3.96. The third kappa shape index (κ3) is 3.26. The highest BCUT2D eigenvalue weighted by molar-refractivity contribution is 5.86. The normalized spacial score (nSPS) is 16.0. The van der Waals surface area contributed by atoms with E-state index in [4.69, 9.17) is 4.74 Å². The van der Waals surface area contributed by atoms with Gasteiger partial charge in [0.15, 0.2) is 5.65 Å². The Morgan fingerprint density at radius 3 is 2.53 bits per heavy atom. The summed E-state index contributed by atoms with van der Waals surface area (Å²) in [5, 5.41) is -0.00578. The van der Waals surface area contributed by atoms with E-state index < -0.39 is 11.7 Å². The number of hydrogen-bond acceptors (Lipinski definition) is 4. The monoisotopic (exact) mass is 417 g/mol. The molecule has 0 amide bonds. The highest BCUT2D eigenvalue weighted by Crippen LogP contribution is 2.36. The number of aromatic amines is 2. The molecular weight excluding hydrogens is 399 g/mol. The summed E-state index contributed by atoms with van der Waals surface area (Å²) in [5.41, 5.74) is 1.30. The van der Waals surface area contributed by atoms with Gasteiger partial charge in [-0.25, -0.2) is 14.8 Å². The van der Waals surface area contributed by atoms with Gasteiger partial charge in [0.2, 0.25) is 0 Å². The van der Waals surface area contributed by atoms with Gasteiger partial charge < -0.3 is 9.72 Å². The molecule has 5 rings (SSSR count). The van der Waals surface area contributed by atoms with Crippen LogP contribution in [0.15, 0.2) is 35.5 Å². The average Bonchev–Trinajstić information content (AvgIpc) is 3.29. The zero-order valence-electron chi connectivity index (χ0n) is 15.8. The molecule has 4 aromatic rings. The first kappa shape index (κ1) is 18.9. The second-order valence-corrected chi connectivity index (χ2v) is 7.51. The second kappa shape index (κ2) is 6.98. The smallest absolute Gasteiger partial charge is 0.381 e. The number of pyridine rings is 2. The number of alkyl halides is 3. The summed E-state index contributed by atoms with van der Waals surface area (Å²) in [6.45, 7) is 1.89. The van der Waals surface area contributed by atoms with Crippen LogP contribution >= 0.6 is 0 Å². The third-order valence-corrected chi connectivity index (χ3v) is 5.58. The van der Waals surface area contributed by atoms with Crippen LogP contribution in [0.3, 0.4) is 0 Å². The first-order chi connectivity index (χ1) is 14.4. The van der Waals surface area contributed by atoms with Crippen LogP contribution < -0.4 is 5.69 Å². The van der Waals surface area contributed by atoms with Crippen molar-refractivity contribution in [2.24, 2.45) is 5.92 Å². The number of rotatable bonds is 3. The molecule has 0 atom stereocenters. The fraction of sp³-hybridized carbons (Fsp3) is 0.350. The molecular formula is C20H18F3N5O2. The van der Waals surface area contributed by atoms with Crippen molar-refractivity contribution in [1.82, 2.24) is 24.5 Å². The van der Waals surface area contributed by atoms with Crippen LogP contribution in [-0.2, 0) is 17.5 Å². The summed E-state index contributed by atoms with van der Waals surface area (Å²) in [6.07, 6.45) is 1.21. The van der Waals surface area contributed by atoms with E-state index in [1.54, 1.807) is 10.6 Å². The van der Waals surface area contributed by atoms with Crippen LogP contribution in [0.2, 0.25) is 0 Å². The lowest BCUT2D eigenvalue weighted by molar-refractivity contribution is -0.136. The standard InChI is InChI=1S/C20H18F3N5O2/c21-20(22,23)15-9-26-17-14(15)5-12(7-24-17)13-6-16-18(25-8-13)27-19(29)28(16)10-11-1-3-30-4-2-11/h5-9,11H,1-4,10H2,(H,24,26)(H,25,27,29). The Bertz CT molecular complexity index is 1280. The summed E-state index contributed by atoms with van der Waals surface area (Å²) in [6, 6.07) is 3.21. The summed E-state index contributed by atoms with van der Waals surface area (Å²) in [7, 11) is 0. The summed E-state index contributed by atoms with van der Waals surface area (Å²) in [5.74, 6) is 0.325. The number of halogens is 3. The number of fused-ring (bicyclic) bond motifs is 2. The molecule has 0 saturated carbocycles. The Morgan fingerprint density at radius 2 is 1.80 bits per heavy atom. The minimum absolute atomic E-state index is 0.00578. The number of ether oxygens (including phenoxy) is 1. The number of nitrogens with zero attached hydrogens (tertiary/aromatic N) is 3. The van der Waals surface area contributed by atoms with Gasteiger partial charge in [-0.05, 0) is 30.9 Å². The lowest BCUT2D eigenvalue weighted by Gasteiger charge is -2.22. The quantitative estimate of drug-likeness (QED) is 0.532. The van der Waals surface area contributed by atoms with Crippen LogP contribution in [0, 0.1) is 5.92 Å². The maximum Gasteiger partial charge on any atom is 0.418 e. The van der Waals surface area contributed by atoms with Gasteiger partial charge in [0.1, 0.15) is 5.65 Å². The predicted molar refractivity (Wildman–Crippen MR) is 104 cm³/mol. The van der Waals surface area contributed by atoms with Crippen molar-refractivity contribution in [2.75, 3.05) is 13.2 Å². The first-order valence-corrected chi connectivity index (χ1v) is 9.61. The van der Waals surface area contributed by atoms with Gasteiger partial charge in [0, 0.05) is 54.9 Å². The van der Waals surface area contributed by atoms with Crippen molar-refractivity contribution in [1.29, 1.82) is 0 Å². The molecule has 0 unspecified atom stereocenters. The fourth-order valence-corrected chi connectivity index (χ4v) is 3.96. The van der Waals surface area contributed by atoms with E-state index in [0.717, 1.165) is 19.0 Å². The van der Waals surface area contributed by atoms with Gasteiger partial charge in [-0.15, -0.1) is 0 Å². The lowest BCUT2D eigenvalue weighted by Crippen LogP contribution is -2.25. The molecule has 1 aliphatic heterocycles. The molecule has 2 N–H and O–H groups in total. The number of hydrogen-bond donors (Lipinski definition) is 2. The zero-order chi connectivity index (χ0) is 20.9. The van der Waals surface area contributed by atoms with Crippen molar-refractivity contribution >= 4 is 22.2 Å². The zero-order valence-corrected chi connectivity index (χ0v) is 15.8. The topological polar surface area (TPSA) is 88.6 Å². The van der Waals surface area contributed by atoms with Gasteiger partial charge in [0.25, 0.3) is 0 Å². The van der Waals surface area contributed by atoms with E-state index in [1.165, 1.54) is 18.5 Å². The Morgan fingerprint density at radius 1 is 1.10 bits per heavy atom. The van der Waals surface area contributed by atoms with Crippen molar-refractivity contribution in [3.8, 4) is 11.1 Å². The van der Waals surface area contributed by atoms with E-state index >= 15 is 0 Å². The molecule has 1 aliphatic rings. The van der Waals surface area contributed by atoms with Gasteiger partial charge in [-0.3, -0.25) is 9.55 Å². The van der Waals surface area contributed by atoms with Gasteiger partial charge in [-0.1, -0.05) is 0 Å². The van der Waals surface area contributed by atoms with Gasteiger partial charge >= 0.3 is 11.9 Å². The molecule has 7 nitrogen and oxygen atoms in total. The summed E-state index contributed by atoms with van der Waals surface area (Å²) in [4.78, 5) is 26.2. The number of H-pyrrole nitrogens is 2. The van der Waals surface area contributed by atoms with Crippen molar-refractivity contribution in [3.63, 3.8) is 0 Å². The van der Waals surface area contributed by atoms with E-state index in [0.29, 0.717) is 48.0 Å². The SMILES string of the molecule is O=c1[nH]c2ncc(-c3cnc4[nH]cc(C(F)(F)F)c4c3)cc2n1CC1CCOCC1.